The molecule has 0 bridgehead atoms. The maximum atomic E-state index is 13.7. The number of rotatable bonds is 5. The van der Waals surface area contributed by atoms with E-state index in [4.69, 9.17) is 25.5 Å². The van der Waals surface area contributed by atoms with E-state index >= 15 is 0 Å². The molecular formula is C20H18ClF3N4O4. The smallest absolute Gasteiger partial charge is 0.410 e. The number of furan rings is 1. The molecule has 1 aliphatic rings. The Morgan fingerprint density at radius 3 is 2.66 bits per heavy atom. The molecule has 2 atom stereocenters. The highest BCUT2D eigenvalue weighted by Crippen LogP contribution is 2.44. The number of nitrogens with one attached hydrogen (secondary N) is 2. The molecule has 170 valence electrons. The summed E-state index contributed by atoms with van der Waals surface area (Å²) >= 11 is 6.06. The number of methoxy groups -OCH3 is 2. The number of hydrogen-bond donors (Lipinski definition) is 2. The number of hydrogen-bond acceptors (Lipinski definition) is 6. The normalized spacial score (nSPS) is 17.9. The first-order chi connectivity index (χ1) is 15.2. The van der Waals surface area contributed by atoms with Crippen LogP contribution in [0.1, 0.15) is 34.8 Å². The van der Waals surface area contributed by atoms with Crippen LogP contribution in [0.4, 0.5) is 24.7 Å². The molecule has 1 amide bonds. The maximum absolute atomic E-state index is 13.7. The molecule has 1 aromatic carbocycles. The number of benzene rings is 1. The summed E-state index contributed by atoms with van der Waals surface area (Å²) in [6.45, 7) is 0. The number of carbonyl (C=O) groups is 1. The minimum absolute atomic E-state index is 0.0470. The molecule has 2 aromatic heterocycles. The van der Waals surface area contributed by atoms with Crippen molar-refractivity contribution in [3.8, 4) is 11.5 Å². The molecule has 8 nitrogen and oxygen atoms in total. The van der Waals surface area contributed by atoms with Gasteiger partial charge < -0.3 is 24.5 Å². The van der Waals surface area contributed by atoms with Gasteiger partial charge in [-0.3, -0.25) is 4.79 Å². The lowest BCUT2D eigenvalue weighted by molar-refractivity contribution is -0.174. The lowest BCUT2D eigenvalue weighted by Gasteiger charge is -2.32. The molecule has 0 aliphatic carbocycles. The maximum Gasteiger partial charge on any atom is 0.410 e. The predicted molar refractivity (Wildman–Crippen MR) is 110 cm³/mol. The number of amides is 1. The van der Waals surface area contributed by atoms with Gasteiger partial charge in [-0.05, 0) is 12.1 Å². The van der Waals surface area contributed by atoms with Crippen molar-refractivity contribution < 1.29 is 31.9 Å². The van der Waals surface area contributed by atoms with E-state index in [1.54, 1.807) is 12.1 Å². The molecule has 0 spiro atoms. The van der Waals surface area contributed by atoms with Crippen molar-refractivity contribution in [2.24, 2.45) is 0 Å². The van der Waals surface area contributed by atoms with Gasteiger partial charge in [0.1, 0.15) is 23.1 Å². The third-order valence-electron chi connectivity index (χ3n) is 5.03. The Hall–Kier alpha value is -3.34. The molecular weight excluding hydrogens is 453 g/mol. The van der Waals surface area contributed by atoms with Crippen molar-refractivity contribution in [1.29, 1.82) is 0 Å². The Balaban J connectivity index is 1.65. The fraction of sp³-hybridized carbons (Fsp3) is 0.300. The minimum atomic E-state index is -4.58. The second-order valence-electron chi connectivity index (χ2n) is 7.01. The average molecular weight is 471 g/mol. The van der Waals surface area contributed by atoms with E-state index < -0.39 is 24.2 Å². The summed E-state index contributed by atoms with van der Waals surface area (Å²) in [6.07, 6.45) is -3.53. The van der Waals surface area contributed by atoms with Crippen LogP contribution in [0.25, 0.3) is 0 Å². The van der Waals surface area contributed by atoms with E-state index in [9.17, 15) is 18.0 Å². The van der Waals surface area contributed by atoms with Crippen molar-refractivity contribution in [3.63, 3.8) is 0 Å². The molecule has 2 N–H and O–H groups in total. The number of ether oxygens (including phenoxy) is 2. The van der Waals surface area contributed by atoms with Gasteiger partial charge in [-0.25, -0.2) is 4.68 Å². The van der Waals surface area contributed by atoms with Crippen LogP contribution in [-0.4, -0.2) is 36.1 Å². The lowest BCUT2D eigenvalue weighted by atomic mass is 10.0. The molecule has 0 unspecified atom stereocenters. The summed E-state index contributed by atoms with van der Waals surface area (Å²) in [6, 6.07) is 4.67. The number of anilines is 2. The van der Waals surface area contributed by atoms with Gasteiger partial charge >= 0.3 is 6.18 Å². The molecule has 1 aliphatic heterocycles. The molecule has 12 heteroatoms. The molecule has 4 rings (SSSR count). The second-order valence-corrected chi connectivity index (χ2v) is 7.41. The molecule has 3 aromatic rings. The first-order valence-electron chi connectivity index (χ1n) is 9.40. The summed E-state index contributed by atoms with van der Waals surface area (Å²) in [5, 5.41) is 9.71. The van der Waals surface area contributed by atoms with Crippen LogP contribution in [0, 0.1) is 0 Å². The molecule has 0 saturated carbocycles. The highest BCUT2D eigenvalue weighted by molar-refractivity contribution is 6.32. The number of alkyl halides is 3. The third kappa shape index (κ3) is 4.07. The van der Waals surface area contributed by atoms with Crippen LogP contribution in [0.5, 0.6) is 11.5 Å². The first-order valence-corrected chi connectivity index (χ1v) is 9.78. The van der Waals surface area contributed by atoms with Gasteiger partial charge in [0.25, 0.3) is 5.91 Å². The zero-order valence-corrected chi connectivity index (χ0v) is 17.6. The summed E-state index contributed by atoms with van der Waals surface area (Å²) in [7, 11) is 2.79. The standard InChI is InChI=1S/C20H18ClF3N4O4/c1-30-15-7-11(16(31-2)6-10(15)21)26-19(29)13-9-18-25-12(14-4-3-5-32-14)8-17(20(22,23)24)28(18)27-13/h3-7,9,12,17,25H,8H2,1-2H3,(H,26,29)/t12-,17+/m1/s1. The van der Waals surface area contributed by atoms with Crippen LogP contribution in [0.3, 0.4) is 0 Å². The summed E-state index contributed by atoms with van der Waals surface area (Å²) in [5.41, 5.74) is 0.0105. The molecule has 32 heavy (non-hydrogen) atoms. The van der Waals surface area contributed by atoms with Crippen molar-refractivity contribution in [1.82, 2.24) is 9.78 Å². The number of carbonyl (C=O) groups excluding carboxylic acids is 1. The van der Waals surface area contributed by atoms with E-state index in [1.165, 1.54) is 38.7 Å². The molecule has 0 radical (unpaired) electrons. The number of fused-ring (bicyclic) bond motifs is 1. The highest BCUT2D eigenvalue weighted by Gasteiger charge is 2.47. The lowest BCUT2D eigenvalue weighted by Crippen LogP contribution is -2.35. The van der Waals surface area contributed by atoms with Crippen LogP contribution in [0.2, 0.25) is 5.02 Å². The Kier molecular flexibility index (Phi) is 5.68. The van der Waals surface area contributed by atoms with E-state index in [0.29, 0.717) is 5.76 Å². The van der Waals surface area contributed by atoms with Crippen LogP contribution >= 0.6 is 11.6 Å². The van der Waals surface area contributed by atoms with E-state index in [1.807, 2.05) is 0 Å². The van der Waals surface area contributed by atoms with Gasteiger partial charge in [0, 0.05) is 24.6 Å². The fourth-order valence-corrected chi connectivity index (χ4v) is 3.74. The summed E-state index contributed by atoms with van der Waals surface area (Å²) in [4.78, 5) is 12.8. The van der Waals surface area contributed by atoms with Crippen molar-refractivity contribution >= 4 is 29.0 Å². The fourth-order valence-electron chi connectivity index (χ4n) is 3.50. The van der Waals surface area contributed by atoms with Gasteiger partial charge in [0.05, 0.1) is 37.2 Å². The second kappa shape index (κ2) is 8.30. The Morgan fingerprint density at radius 1 is 1.28 bits per heavy atom. The highest BCUT2D eigenvalue weighted by atomic mass is 35.5. The molecule has 3 heterocycles. The largest absolute Gasteiger partial charge is 0.495 e. The number of nitrogens with zero attached hydrogens (tertiary/aromatic N) is 2. The van der Waals surface area contributed by atoms with Crippen LogP contribution in [0.15, 0.2) is 41.0 Å². The summed E-state index contributed by atoms with van der Waals surface area (Å²) < 4.78 is 57.6. The van der Waals surface area contributed by atoms with Gasteiger partial charge in [0.15, 0.2) is 11.7 Å². The van der Waals surface area contributed by atoms with Gasteiger partial charge in [-0.15, -0.1) is 0 Å². The van der Waals surface area contributed by atoms with Crippen molar-refractivity contribution in [2.45, 2.75) is 24.7 Å². The number of halogens is 4. The van der Waals surface area contributed by atoms with Crippen LogP contribution < -0.4 is 20.1 Å². The zero-order valence-electron chi connectivity index (χ0n) is 16.9. The minimum Gasteiger partial charge on any atom is -0.495 e. The van der Waals surface area contributed by atoms with E-state index in [-0.39, 0.29) is 40.1 Å². The zero-order chi connectivity index (χ0) is 23.0. The molecule has 0 saturated heterocycles. The van der Waals surface area contributed by atoms with E-state index in [2.05, 4.69) is 15.7 Å². The van der Waals surface area contributed by atoms with Gasteiger partial charge in [-0.2, -0.15) is 18.3 Å². The topological polar surface area (TPSA) is 90.5 Å². The predicted octanol–water partition coefficient (Wildman–Crippen LogP) is 5.06. The van der Waals surface area contributed by atoms with Gasteiger partial charge in [-0.1, -0.05) is 11.6 Å². The monoisotopic (exact) mass is 470 g/mol. The van der Waals surface area contributed by atoms with Crippen molar-refractivity contribution in [2.75, 3.05) is 24.9 Å². The quantitative estimate of drug-likeness (QED) is 0.541. The van der Waals surface area contributed by atoms with Gasteiger partial charge in [0.2, 0.25) is 0 Å². The SMILES string of the molecule is COc1cc(NC(=O)c2cc3n(n2)[C@H](C(F)(F)F)C[C@H](c2ccco2)N3)c(OC)cc1Cl. The Morgan fingerprint density at radius 2 is 2.03 bits per heavy atom. The summed E-state index contributed by atoms with van der Waals surface area (Å²) in [5.74, 6) is 0.206. The number of aromatic nitrogens is 2. The third-order valence-corrected chi connectivity index (χ3v) is 5.33. The Bertz CT molecular complexity index is 1130. The first kappa shape index (κ1) is 21.9. The Labute approximate surface area is 185 Å². The van der Waals surface area contributed by atoms with Crippen molar-refractivity contribution in [3.05, 3.63) is 53.1 Å². The molecule has 0 fully saturated rings. The van der Waals surface area contributed by atoms with Crippen LogP contribution in [-0.2, 0) is 0 Å². The van der Waals surface area contributed by atoms with E-state index in [0.717, 1.165) is 4.68 Å². The average Bonchev–Trinajstić information content (AvgIpc) is 3.42.